The number of aromatic nitrogens is 2. The number of hydrogen-bond acceptors (Lipinski definition) is 4. The van der Waals surface area contributed by atoms with Crippen LogP contribution in [0.25, 0.3) is 11.3 Å². The smallest absolute Gasteiger partial charge is 0.342 e. The van der Waals surface area contributed by atoms with Crippen LogP contribution in [0.3, 0.4) is 0 Å². The van der Waals surface area contributed by atoms with E-state index in [1.54, 1.807) is 18.2 Å². The lowest BCUT2D eigenvalue weighted by molar-refractivity contribution is -0.114. The topological polar surface area (TPSA) is 96.3 Å². The van der Waals surface area contributed by atoms with Crippen molar-refractivity contribution in [3.05, 3.63) is 64.8 Å². The van der Waals surface area contributed by atoms with Crippen LogP contribution in [0.2, 0.25) is 5.02 Å². The number of amides is 2. The predicted molar refractivity (Wildman–Crippen MR) is 124 cm³/mol. The van der Waals surface area contributed by atoms with Crippen LogP contribution in [-0.4, -0.2) is 26.8 Å². The van der Waals surface area contributed by atoms with Gasteiger partial charge in [-0.15, -0.1) is 0 Å². The van der Waals surface area contributed by atoms with Gasteiger partial charge in [-0.25, -0.2) is 4.79 Å². The Morgan fingerprint density at radius 1 is 1.16 bits per heavy atom. The number of benzene rings is 2. The number of nitrogens with one attached hydrogen (secondary N) is 2. The standard InChI is InChI=1S/C24H25ClN4O3/c1-15(30)27-18-10-11-19(23(31)12-18)21-13-22(16-6-2-3-7-16)29(28-21)24(32)26-14-17-8-4-5-9-20(17)25/h4-5,8-13,16,31H,2-3,6-7,14H2,1H3,(H,26,32)(H,27,30). The maximum Gasteiger partial charge on any atom is 0.342 e. The lowest BCUT2D eigenvalue weighted by Crippen LogP contribution is -2.30. The van der Waals surface area contributed by atoms with Crippen LogP contribution in [0.15, 0.2) is 48.5 Å². The van der Waals surface area contributed by atoms with Gasteiger partial charge in [-0.05, 0) is 42.7 Å². The van der Waals surface area contributed by atoms with Crippen LogP contribution in [0.4, 0.5) is 10.5 Å². The van der Waals surface area contributed by atoms with Crippen LogP contribution in [0.5, 0.6) is 5.75 Å². The quantitative estimate of drug-likeness (QED) is 0.490. The minimum Gasteiger partial charge on any atom is -0.507 e. The molecule has 166 valence electrons. The maximum absolute atomic E-state index is 13.0. The van der Waals surface area contributed by atoms with Crippen LogP contribution in [0, 0.1) is 0 Å². The van der Waals surface area contributed by atoms with Gasteiger partial charge in [-0.1, -0.05) is 42.6 Å². The van der Waals surface area contributed by atoms with Gasteiger partial charge in [0.05, 0.1) is 11.4 Å². The molecule has 0 saturated heterocycles. The average Bonchev–Trinajstić information content (AvgIpc) is 3.42. The molecular formula is C24H25ClN4O3. The molecule has 1 aliphatic rings. The Labute approximate surface area is 191 Å². The summed E-state index contributed by atoms with van der Waals surface area (Å²) in [4.78, 5) is 24.3. The van der Waals surface area contributed by atoms with E-state index >= 15 is 0 Å². The van der Waals surface area contributed by atoms with E-state index in [1.807, 2.05) is 24.3 Å². The summed E-state index contributed by atoms with van der Waals surface area (Å²) >= 11 is 6.21. The highest BCUT2D eigenvalue weighted by atomic mass is 35.5. The minimum atomic E-state index is -0.340. The maximum atomic E-state index is 13.0. The van der Waals surface area contributed by atoms with Gasteiger partial charge in [0, 0.05) is 41.7 Å². The SMILES string of the molecule is CC(=O)Nc1ccc(-c2cc(C3CCCC3)n(C(=O)NCc3ccccc3Cl)n2)c(O)c1. The monoisotopic (exact) mass is 452 g/mol. The first kappa shape index (κ1) is 21.9. The number of hydrogen-bond donors (Lipinski definition) is 3. The van der Waals surface area contributed by atoms with Crippen LogP contribution in [-0.2, 0) is 11.3 Å². The van der Waals surface area contributed by atoms with Crippen molar-refractivity contribution in [2.75, 3.05) is 5.32 Å². The van der Waals surface area contributed by atoms with Crippen molar-refractivity contribution in [2.24, 2.45) is 0 Å². The van der Waals surface area contributed by atoms with Gasteiger partial charge in [0.1, 0.15) is 5.75 Å². The number of anilines is 1. The molecule has 0 atom stereocenters. The Kier molecular flexibility index (Phi) is 6.46. The number of nitrogens with zero attached hydrogens (tertiary/aromatic N) is 2. The second-order valence-corrected chi connectivity index (χ2v) is 8.42. The van der Waals surface area contributed by atoms with E-state index in [4.69, 9.17) is 11.6 Å². The Balaban J connectivity index is 1.63. The van der Waals surface area contributed by atoms with Gasteiger partial charge in [-0.3, -0.25) is 4.79 Å². The van der Waals surface area contributed by atoms with Crippen molar-refractivity contribution in [1.82, 2.24) is 15.1 Å². The minimum absolute atomic E-state index is 0.0182. The second kappa shape index (κ2) is 9.44. The van der Waals surface area contributed by atoms with Gasteiger partial charge >= 0.3 is 6.03 Å². The van der Waals surface area contributed by atoms with Gasteiger partial charge in [0.15, 0.2) is 0 Å². The first-order chi connectivity index (χ1) is 15.4. The normalized spacial score (nSPS) is 13.8. The summed E-state index contributed by atoms with van der Waals surface area (Å²) in [6.07, 6.45) is 4.22. The third kappa shape index (κ3) is 4.78. The molecule has 0 bridgehead atoms. The van der Waals surface area contributed by atoms with E-state index in [0.29, 0.717) is 22.0 Å². The molecule has 4 rings (SSSR count). The molecule has 3 aromatic rings. The lowest BCUT2D eigenvalue weighted by Gasteiger charge is -2.12. The van der Waals surface area contributed by atoms with E-state index in [2.05, 4.69) is 15.7 Å². The Morgan fingerprint density at radius 2 is 1.91 bits per heavy atom. The highest BCUT2D eigenvalue weighted by Crippen LogP contribution is 2.38. The summed E-state index contributed by atoms with van der Waals surface area (Å²) in [5, 5.41) is 21.2. The molecule has 0 radical (unpaired) electrons. The molecule has 7 nitrogen and oxygen atoms in total. The molecule has 0 unspecified atom stereocenters. The molecule has 1 fully saturated rings. The fraction of sp³-hybridized carbons (Fsp3) is 0.292. The molecule has 1 heterocycles. The van der Waals surface area contributed by atoms with Crippen LogP contribution in [0.1, 0.15) is 49.8 Å². The van der Waals surface area contributed by atoms with Gasteiger partial charge in [0.2, 0.25) is 5.91 Å². The third-order valence-electron chi connectivity index (χ3n) is 5.68. The van der Waals surface area contributed by atoms with Gasteiger partial charge in [-0.2, -0.15) is 9.78 Å². The van der Waals surface area contributed by atoms with Crippen molar-refractivity contribution >= 4 is 29.2 Å². The number of halogens is 1. The van der Waals surface area contributed by atoms with Crippen LogP contribution < -0.4 is 10.6 Å². The van der Waals surface area contributed by atoms with Crippen LogP contribution >= 0.6 is 11.6 Å². The fourth-order valence-corrected chi connectivity index (χ4v) is 4.32. The molecule has 1 aromatic heterocycles. The van der Waals surface area contributed by atoms with Gasteiger partial charge < -0.3 is 15.7 Å². The molecule has 3 N–H and O–H groups in total. The molecular weight excluding hydrogens is 428 g/mol. The van der Waals surface area contributed by atoms with E-state index in [-0.39, 0.29) is 30.2 Å². The average molecular weight is 453 g/mol. The predicted octanol–water partition coefficient (Wildman–Crippen LogP) is 5.28. The first-order valence-corrected chi connectivity index (χ1v) is 11.0. The summed E-state index contributed by atoms with van der Waals surface area (Å²) in [5.74, 6) is -0.00130. The third-order valence-corrected chi connectivity index (χ3v) is 6.05. The molecule has 32 heavy (non-hydrogen) atoms. The van der Waals surface area contributed by atoms with Crippen molar-refractivity contribution in [3.63, 3.8) is 0 Å². The van der Waals surface area contributed by atoms with Gasteiger partial charge in [0.25, 0.3) is 0 Å². The summed E-state index contributed by atoms with van der Waals surface area (Å²) in [6, 6.07) is 13.8. The number of phenolic OH excluding ortho intramolecular Hbond substituents is 1. The number of rotatable bonds is 5. The zero-order chi connectivity index (χ0) is 22.7. The molecule has 0 spiro atoms. The first-order valence-electron chi connectivity index (χ1n) is 10.6. The molecule has 1 aliphatic carbocycles. The summed E-state index contributed by atoms with van der Waals surface area (Å²) in [5.41, 5.74) is 3.15. The number of carbonyl (C=O) groups excluding carboxylic acids is 2. The zero-order valence-corrected chi connectivity index (χ0v) is 18.5. The van der Waals surface area contributed by atoms with E-state index < -0.39 is 0 Å². The number of phenols is 1. The summed E-state index contributed by atoms with van der Waals surface area (Å²) in [7, 11) is 0. The van der Waals surface area contributed by atoms with Crippen molar-refractivity contribution in [1.29, 1.82) is 0 Å². The highest BCUT2D eigenvalue weighted by molar-refractivity contribution is 6.31. The second-order valence-electron chi connectivity index (χ2n) is 8.01. The fourth-order valence-electron chi connectivity index (χ4n) is 4.12. The van der Waals surface area contributed by atoms with Crippen molar-refractivity contribution < 1.29 is 14.7 Å². The number of aromatic hydroxyl groups is 1. The molecule has 1 saturated carbocycles. The summed E-state index contributed by atoms with van der Waals surface area (Å²) < 4.78 is 1.41. The Hall–Kier alpha value is -3.32. The molecule has 2 amide bonds. The zero-order valence-electron chi connectivity index (χ0n) is 17.8. The largest absolute Gasteiger partial charge is 0.507 e. The van der Waals surface area contributed by atoms with Crippen molar-refractivity contribution in [2.45, 2.75) is 45.1 Å². The van der Waals surface area contributed by atoms with Crippen molar-refractivity contribution in [3.8, 4) is 17.0 Å². The van der Waals surface area contributed by atoms with E-state index in [1.165, 1.54) is 17.7 Å². The van der Waals surface area contributed by atoms with E-state index in [0.717, 1.165) is 36.9 Å². The Bertz CT molecular complexity index is 1150. The molecule has 0 aliphatic heterocycles. The molecule has 8 heteroatoms. The number of carbonyl (C=O) groups is 2. The summed E-state index contributed by atoms with van der Waals surface area (Å²) in [6.45, 7) is 1.69. The Morgan fingerprint density at radius 3 is 2.59 bits per heavy atom. The van der Waals surface area contributed by atoms with E-state index in [9.17, 15) is 14.7 Å². The molecule has 2 aromatic carbocycles. The lowest BCUT2D eigenvalue weighted by atomic mass is 10.0. The highest BCUT2D eigenvalue weighted by Gasteiger charge is 2.26.